The lowest BCUT2D eigenvalue weighted by Crippen LogP contribution is -2.13. The molecule has 0 aliphatic rings. The zero-order valence-electron chi connectivity index (χ0n) is 14.0. The van der Waals surface area contributed by atoms with Gasteiger partial charge in [-0.25, -0.2) is 9.97 Å². The summed E-state index contributed by atoms with van der Waals surface area (Å²) in [6, 6.07) is 17.5. The van der Waals surface area contributed by atoms with Gasteiger partial charge in [-0.05, 0) is 37.1 Å². The molecule has 0 aliphatic carbocycles. The van der Waals surface area contributed by atoms with Crippen molar-refractivity contribution in [1.29, 1.82) is 0 Å². The van der Waals surface area contributed by atoms with Gasteiger partial charge in [0.15, 0.2) is 5.82 Å². The van der Waals surface area contributed by atoms with E-state index in [0.29, 0.717) is 25.1 Å². The van der Waals surface area contributed by atoms with Gasteiger partial charge in [0.1, 0.15) is 0 Å². The van der Waals surface area contributed by atoms with E-state index in [9.17, 15) is 4.79 Å². The van der Waals surface area contributed by atoms with Crippen molar-refractivity contribution >= 4 is 28.5 Å². The van der Waals surface area contributed by atoms with E-state index >= 15 is 0 Å². The number of rotatable bonds is 7. The highest BCUT2D eigenvalue weighted by molar-refractivity contribution is 5.76. The number of hydrazine groups is 1. The first-order chi connectivity index (χ1) is 12.3. The van der Waals surface area contributed by atoms with Gasteiger partial charge in [-0.3, -0.25) is 15.6 Å². The molecule has 0 fully saturated rings. The molecule has 0 unspecified atom stereocenters. The van der Waals surface area contributed by atoms with Crippen LogP contribution in [0.1, 0.15) is 18.5 Å². The van der Waals surface area contributed by atoms with Crippen LogP contribution in [0.5, 0.6) is 0 Å². The van der Waals surface area contributed by atoms with Crippen molar-refractivity contribution in [2.75, 3.05) is 18.0 Å². The average Bonchev–Trinajstić information content (AvgIpc) is 2.66. The number of fused-ring (bicyclic) bond motifs is 1. The van der Waals surface area contributed by atoms with Crippen molar-refractivity contribution in [1.82, 2.24) is 9.97 Å². The molecule has 0 bridgehead atoms. The van der Waals surface area contributed by atoms with E-state index in [-0.39, 0.29) is 5.97 Å². The van der Waals surface area contributed by atoms with Crippen LogP contribution < -0.4 is 10.9 Å². The molecule has 2 aromatic carbocycles. The van der Waals surface area contributed by atoms with Gasteiger partial charge in [0.2, 0.25) is 0 Å². The van der Waals surface area contributed by atoms with Gasteiger partial charge in [-0.15, -0.1) is 0 Å². The molecule has 1 heterocycles. The van der Waals surface area contributed by atoms with Crippen LogP contribution >= 0.6 is 0 Å². The third-order valence-electron chi connectivity index (χ3n) is 3.76. The fourth-order valence-electron chi connectivity index (χ4n) is 2.47. The highest BCUT2D eigenvalue weighted by Crippen LogP contribution is 2.19. The third kappa shape index (κ3) is 4.44. The van der Waals surface area contributed by atoms with Gasteiger partial charge in [-0.2, -0.15) is 0 Å². The normalized spacial score (nSPS) is 10.4. The maximum atomic E-state index is 11.3. The van der Waals surface area contributed by atoms with Crippen LogP contribution in [-0.2, 0) is 16.0 Å². The Balaban J connectivity index is 1.80. The molecule has 25 heavy (non-hydrogen) atoms. The summed E-state index contributed by atoms with van der Waals surface area (Å²) in [5.41, 5.74) is 9.66. The minimum Gasteiger partial charge on any atom is -0.469 e. The van der Waals surface area contributed by atoms with Gasteiger partial charge < -0.3 is 4.74 Å². The molecule has 3 aromatic rings. The van der Waals surface area contributed by atoms with Crippen molar-refractivity contribution in [3.8, 4) is 0 Å². The molecule has 0 atom stereocenters. The van der Waals surface area contributed by atoms with Crippen LogP contribution in [-0.4, -0.2) is 23.0 Å². The molecule has 128 valence electrons. The molecule has 0 saturated heterocycles. The van der Waals surface area contributed by atoms with Crippen LogP contribution in [0, 0.1) is 0 Å². The molecule has 3 rings (SSSR count). The number of aromatic nitrogens is 2. The minimum absolute atomic E-state index is 0.217. The fraction of sp³-hybridized carbons (Fsp3) is 0.211. The van der Waals surface area contributed by atoms with Crippen molar-refractivity contribution in [3.63, 3.8) is 0 Å². The predicted molar refractivity (Wildman–Crippen MR) is 98.2 cm³/mol. The third-order valence-corrected chi connectivity index (χ3v) is 3.76. The Kier molecular flexibility index (Phi) is 5.41. The molecule has 0 radical (unpaired) electrons. The number of esters is 1. The standard InChI is InChI=1S/C19H20N4O2/c1-25-18(24)13-7-12-17-19(23-22-14-8-3-2-4-9-14)21-16-11-6-5-10-15(16)20-17/h2-6,8-11,22H,7,12-13H2,1H3,(H,21,23). The average molecular weight is 336 g/mol. The smallest absolute Gasteiger partial charge is 0.305 e. The van der Waals surface area contributed by atoms with Crippen LogP contribution in [0.25, 0.3) is 11.0 Å². The van der Waals surface area contributed by atoms with E-state index in [1.165, 1.54) is 7.11 Å². The summed E-state index contributed by atoms with van der Waals surface area (Å²) < 4.78 is 4.69. The Hall–Kier alpha value is -3.15. The van der Waals surface area contributed by atoms with Crippen molar-refractivity contribution in [2.24, 2.45) is 0 Å². The molecule has 6 heteroatoms. The molecule has 0 amide bonds. The Bertz CT molecular complexity index is 852. The van der Waals surface area contributed by atoms with Crippen molar-refractivity contribution in [2.45, 2.75) is 19.3 Å². The second-order valence-corrected chi connectivity index (χ2v) is 5.55. The van der Waals surface area contributed by atoms with Crippen LogP contribution in [0.3, 0.4) is 0 Å². The number of nitrogens with zero attached hydrogens (tertiary/aromatic N) is 2. The summed E-state index contributed by atoms with van der Waals surface area (Å²) in [7, 11) is 1.40. The fourth-order valence-corrected chi connectivity index (χ4v) is 2.47. The SMILES string of the molecule is COC(=O)CCCc1nc2ccccc2nc1NNc1ccccc1. The molecule has 0 aliphatic heterocycles. The monoisotopic (exact) mass is 336 g/mol. The Labute approximate surface area is 146 Å². The Morgan fingerprint density at radius 3 is 2.36 bits per heavy atom. The maximum Gasteiger partial charge on any atom is 0.305 e. The number of anilines is 2. The molecule has 6 nitrogen and oxygen atoms in total. The summed E-state index contributed by atoms with van der Waals surface area (Å²) >= 11 is 0. The number of aryl methyl sites for hydroxylation is 1. The van der Waals surface area contributed by atoms with Crippen LogP contribution in [0.2, 0.25) is 0 Å². The van der Waals surface area contributed by atoms with Crippen LogP contribution in [0.15, 0.2) is 54.6 Å². The zero-order chi connectivity index (χ0) is 17.5. The van der Waals surface area contributed by atoms with E-state index in [1.54, 1.807) is 0 Å². The molecule has 0 spiro atoms. The zero-order valence-corrected chi connectivity index (χ0v) is 14.0. The summed E-state index contributed by atoms with van der Waals surface area (Å²) in [5, 5.41) is 0. The first-order valence-corrected chi connectivity index (χ1v) is 8.16. The van der Waals surface area contributed by atoms with Gasteiger partial charge in [0.25, 0.3) is 0 Å². The molecule has 0 saturated carbocycles. The molecule has 2 N–H and O–H groups in total. The number of carbonyl (C=O) groups excluding carboxylic acids is 1. The summed E-state index contributed by atoms with van der Waals surface area (Å²) in [6.45, 7) is 0. The van der Waals surface area contributed by atoms with E-state index in [1.807, 2.05) is 54.6 Å². The van der Waals surface area contributed by atoms with E-state index in [4.69, 9.17) is 9.72 Å². The predicted octanol–water partition coefficient (Wildman–Crippen LogP) is 3.56. The number of ether oxygens (including phenoxy) is 1. The highest BCUT2D eigenvalue weighted by Gasteiger charge is 2.10. The lowest BCUT2D eigenvalue weighted by Gasteiger charge is -2.13. The van der Waals surface area contributed by atoms with Gasteiger partial charge in [-0.1, -0.05) is 30.3 Å². The first kappa shape index (κ1) is 16.7. The van der Waals surface area contributed by atoms with Gasteiger partial charge in [0.05, 0.1) is 29.5 Å². The largest absolute Gasteiger partial charge is 0.469 e. The van der Waals surface area contributed by atoms with E-state index in [0.717, 1.165) is 22.4 Å². The lowest BCUT2D eigenvalue weighted by atomic mass is 10.1. The second kappa shape index (κ2) is 8.10. The Morgan fingerprint density at radius 1 is 0.960 bits per heavy atom. The Morgan fingerprint density at radius 2 is 1.64 bits per heavy atom. The number of nitrogens with one attached hydrogen (secondary N) is 2. The first-order valence-electron chi connectivity index (χ1n) is 8.16. The highest BCUT2D eigenvalue weighted by atomic mass is 16.5. The van der Waals surface area contributed by atoms with Crippen molar-refractivity contribution < 1.29 is 9.53 Å². The second-order valence-electron chi connectivity index (χ2n) is 5.55. The van der Waals surface area contributed by atoms with E-state index < -0.39 is 0 Å². The van der Waals surface area contributed by atoms with Gasteiger partial charge >= 0.3 is 5.97 Å². The number of hydrogen-bond donors (Lipinski definition) is 2. The summed E-state index contributed by atoms with van der Waals surface area (Å²) in [6.07, 6.45) is 1.64. The number of para-hydroxylation sites is 3. The van der Waals surface area contributed by atoms with Gasteiger partial charge in [0, 0.05) is 6.42 Å². The minimum atomic E-state index is -0.217. The lowest BCUT2D eigenvalue weighted by molar-refractivity contribution is -0.140. The summed E-state index contributed by atoms with van der Waals surface area (Å²) in [5.74, 6) is 0.443. The number of benzene rings is 2. The molecule has 1 aromatic heterocycles. The molecular formula is C19H20N4O2. The quantitative estimate of drug-likeness (QED) is 0.507. The molecular weight excluding hydrogens is 316 g/mol. The van der Waals surface area contributed by atoms with E-state index in [2.05, 4.69) is 15.8 Å². The van der Waals surface area contributed by atoms with Crippen LogP contribution in [0.4, 0.5) is 11.5 Å². The number of hydrogen-bond acceptors (Lipinski definition) is 6. The number of carbonyl (C=O) groups is 1. The summed E-state index contributed by atoms with van der Waals surface area (Å²) in [4.78, 5) is 20.7. The van der Waals surface area contributed by atoms with Crippen molar-refractivity contribution in [3.05, 3.63) is 60.3 Å². The number of methoxy groups -OCH3 is 1. The topological polar surface area (TPSA) is 76.1 Å². The maximum absolute atomic E-state index is 11.3.